The molecule has 0 N–H and O–H groups in total. The number of carbonyl (C=O) groups is 3. The van der Waals surface area contributed by atoms with E-state index in [0.29, 0.717) is 19.3 Å². The zero-order valence-corrected chi connectivity index (χ0v) is 54.4. The molecule has 0 rings (SSSR count). The molecule has 0 aromatic heterocycles. The van der Waals surface area contributed by atoms with Gasteiger partial charge in [0.25, 0.3) is 0 Å². The van der Waals surface area contributed by atoms with Gasteiger partial charge in [0.1, 0.15) is 13.2 Å². The number of unbranched alkanes of at least 4 members (excludes halogenated alkanes) is 53. The quantitative estimate of drug-likeness (QED) is 0.0261. The molecule has 80 heavy (non-hydrogen) atoms. The lowest BCUT2D eigenvalue weighted by molar-refractivity contribution is -0.167. The molecule has 0 amide bonds. The van der Waals surface area contributed by atoms with E-state index in [1.807, 2.05) is 0 Å². The number of rotatable bonds is 68. The third kappa shape index (κ3) is 66.7. The zero-order chi connectivity index (χ0) is 57.8. The van der Waals surface area contributed by atoms with Crippen LogP contribution in [0.2, 0.25) is 0 Å². The molecule has 0 aliphatic rings. The Labute approximate surface area is 500 Å². The van der Waals surface area contributed by atoms with E-state index in [1.54, 1.807) is 0 Å². The van der Waals surface area contributed by atoms with Gasteiger partial charge < -0.3 is 14.2 Å². The van der Waals surface area contributed by atoms with Gasteiger partial charge in [-0.1, -0.05) is 347 Å². The van der Waals surface area contributed by atoms with Crippen LogP contribution in [0.15, 0.2) is 24.3 Å². The van der Waals surface area contributed by atoms with E-state index < -0.39 is 6.10 Å². The summed E-state index contributed by atoms with van der Waals surface area (Å²) >= 11 is 0. The zero-order valence-electron chi connectivity index (χ0n) is 54.4. The second-order valence-electron chi connectivity index (χ2n) is 24.9. The number of esters is 3. The molecule has 0 aliphatic heterocycles. The molecule has 0 fully saturated rings. The van der Waals surface area contributed by atoms with Crippen molar-refractivity contribution in [2.24, 2.45) is 0 Å². The van der Waals surface area contributed by atoms with Gasteiger partial charge in [0.05, 0.1) is 0 Å². The maximum Gasteiger partial charge on any atom is 0.306 e. The molecule has 6 nitrogen and oxygen atoms in total. The Morgan fingerprint density at radius 2 is 0.412 bits per heavy atom. The molecule has 0 radical (unpaired) electrons. The van der Waals surface area contributed by atoms with E-state index in [9.17, 15) is 14.4 Å². The molecule has 6 heteroatoms. The van der Waals surface area contributed by atoms with Gasteiger partial charge in [-0.25, -0.2) is 0 Å². The summed E-state index contributed by atoms with van der Waals surface area (Å²) in [4.78, 5) is 38.5. The molecule has 472 valence electrons. The Morgan fingerprint density at radius 1 is 0.237 bits per heavy atom. The van der Waals surface area contributed by atoms with E-state index in [0.717, 1.165) is 57.8 Å². The van der Waals surface area contributed by atoms with Gasteiger partial charge >= 0.3 is 17.9 Å². The van der Waals surface area contributed by atoms with Gasteiger partial charge in [-0.15, -0.1) is 0 Å². The Balaban J connectivity index is 4.30. The molecule has 0 aromatic rings. The lowest BCUT2D eigenvalue weighted by Crippen LogP contribution is -2.30. The molecule has 1 atom stereocenters. The first-order valence-electron chi connectivity index (χ1n) is 36.3. The summed E-state index contributed by atoms with van der Waals surface area (Å²) in [5, 5.41) is 0. The predicted molar refractivity (Wildman–Crippen MR) is 349 cm³/mol. The molecule has 0 saturated heterocycles. The highest BCUT2D eigenvalue weighted by Gasteiger charge is 2.19. The third-order valence-electron chi connectivity index (χ3n) is 16.7. The van der Waals surface area contributed by atoms with Gasteiger partial charge in [-0.05, 0) is 70.6 Å². The fourth-order valence-corrected chi connectivity index (χ4v) is 11.2. The summed E-state index contributed by atoms with van der Waals surface area (Å²) in [6.07, 6.45) is 84.9. The second kappa shape index (κ2) is 69.4. The standard InChI is InChI=1S/C74H140O6/c1-4-7-10-13-16-19-22-25-28-31-34-36-38-40-43-46-49-52-55-58-61-64-67-73(76)79-70-71(69-78-72(75)66-63-60-57-54-51-48-45-42-39-33-30-27-24-21-18-15-12-9-6-3)80-74(77)68-65-62-59-56-53-50-47-44-41-37-35-32-29-26-23-20-17-14-11-8-5-2/h27,30,32,35,71H,4-26,28-29,31,33-34,36-70H2,1-3H3/b30-27-,35-32-. The second-order valence-corrected chi connectivity index (χ2v) is 24.9. The first-order valence-corrected chi connectivity index (χ1v) is 36.3. The first kappa shape index (κ1) is 77.9. The van der Waals surface area contributed by atoms with Crippen molar-refractivity contribution < 1.29 is 28.6 Å². The van der Waals surface area contributed by atoms with Crippen molar-refractivity contribution in [1.29, 1.82) is 0 Å². The van der Waals surface area contributed by atoms with Crippen molar-refractivity contribution >= 4 is 17.9 Å². The Bertz CT molecular complexity index is 1290. The Hall–Kier alpha value is -2.11. The summed E-state index contributed by atoms with van der Waals surface area (Å²) < 4.78 is 17.0. The van der Waals surface area contributed by atoms with Crippen molar-refractivity contribution in [3.63, 3.8) is 0 Å². The van der Waals surface area contributed by atoms with Crippen LogP contribution in [0.3, 0.4) is 0 Å². The first-order chi connectivity index (χ1) is 39.5. The molecule has 0 aliphatic carbocycles. The molecule has 1 unspecified atom stereocenters. The average molecular weight is 1130 g/mol. The fourth-order valence-electron chi connectivity index (χ4n) is 11.2. The van der Waals surface area contributed by atoms with Crippen molar-refractivity contribution in [2.75, 3.05) is 13.2 Å². The van der Waals surface area contributed by atoms with Crippen LogP contribution in [-0.2, 0) is 28.6 Å². The highest BCUT2D eigenvalue weighted by molar-refractivity contribution is 5.71. The van der Waals surface area contributed by atoms with Crippen LogP contribution in [0.4, 0.5) is 0 Å². The topological polar surface area (TPSA) is 78.9 Å². The van der Waals surface area contributed by atoms with Gasteiger partial charge in [0.15, 0.2) is 6.10 Å². The third-order valence-corrected chi connectivity index (χ3v) is 16.7. The van der Waals surface area contributed by atoms with Gasteiger partial charge in [0, 0.05) is 19.3 Å². The number of carbonyl (C=O) groups excluding carboxylic acids is 3. The lowest BCUT2D eigenvalue weighted by atomic mass is 10.0. The van der Waals surface area contributed by atoms with Crippen LogP contribution in [0.1, 0.15) is 412 Å². The van der Waals surface area contributed by atoms with Crippen LogP contribution >= 0.6 is 0 Å². The van der Waals surface area contributed by atoms with Crippen LogP contribution in [0, 0.1) is 0 Å². The summed E-state index contributed by atoms with van der Waals surface area (Å²) in [5.41, 5.74) is 0. The average Bonchev–Trinajstić information content (AvgIpc) is 3.46. The van der Waals surface area contributed by atoms with Crippen LogP contribution in [0.25, 0.3) is 0 Å². The van der Waals surface area contributed by atoms with Crippen molar-refractivity contribution in [1.82, 2.24) is 0 Å². The number of ether oxygens (including phenoxy) is 3. The van der Waals surface area contributed by atoms with E-state index in [-0.39, 0.29) is 31.1 Å². The molecule has 0 aromatic carbocycles. The summed E-state index contributed by atoms with van der Waals surface area (Å²) in [6.45, 7) is 6.72. The van der Waals surface area contributed by atoms with E-state index in [1.165, 1.54) is 315 Å². The van der Waals surface area contributed by atoms with E-state index in [4.69, 9.17) is 14.2 Å². The SMILES string of the molecule is CCCCCCCC/C=C\CCCCCCCCCCCC(=O)OCC(COC(=O)CCCCCCCCCCCCCCCCCCCCCCCC)OC(=O)CCCCCCCCCCC/C=C\CCCCCCCCCC. The van der Waals surface area contributed by atoms with Crippen molar-refractivity contribution in [3.8, 4) is 0 Å². The fraction of sp³-hybridized carbons (Fsp3) is 0.905. The smallest absolute Gasteiger partial charge is 0.306 e. The Morgan fingerprint density at radius 3 is 0.625 bits per heavy atom. The molecular formula is C74H140O6. The lowest BCUT2D eigenvalue weighted by Gasteiger charge is -2.18. The maximum absolute atomic E-state index is 13.0. The van der Waals surface area contributed by atoms with Crippen LogP contribution in [-0.4, -0.2) is 37.2 Å². The minimum absolute atomic E-state index is 0.0668. The molecular weight excluding hydrogens is 985 g/mol. The summed E-state index contributed by atoms with van der Waals surface area (Å²) in [6, 6.07) is 0. The van der Waals surface area contributed by atoms with Crippen molar-refractivity contribution in [3.05, 3.63) is 24.3 Å². The van der Waals surface area contributed by atoms with Crippen LogP contribution < -0.4 is 0 Å². The van der Waals surface area contributed by atoms with E-state index in [2.05, 4.69) is 45.1 Å². The van der Waals surface area contributed by atoms with Gasteiger partial charge in [0.2, 0.25) is 0 Å². The molecule has 0 spiro atoms. The monoisotopic (exact) mass is 1130 g/mol. The van der Waals surface area contributed by atoms with Gasteiger partial charge in [-0.2, -0.15) is 0 Å². The Kier molecular flexibility index (Phi) is 67.6. The number of hydrogen-bond donors (Lipinski definition) is 0. The minimum Gasteiger partial charge on any atom is -0.462 e. The normalized spacial score (nSPS) is 12.1. The van der Waals surface area contributed by atoms with Gasteiger partial charge in [-0.3, -0.25) is 14.4 Å². The maximum atomic E-state index is 13.0. The minimum atomic E-state index is -0.772. The highest BCUT2D eigenvalue weighted by Crippen LogP contribution is 2.19. The van der Waals surface area contributed by atoms with Crippen molar-refractivity contribution in [2.45, 2.75) is 419 Å². The molecule has 0 bridgehead atoms. The number of allylic oxidation sites excluding steroid dienone is 4. The summed E-state index contributed by atoms with van der Waals surface area (Å²) in [5.74, 6) is -0.837. The largest absolute Gasteiger partial charge is 0.462 e. The highest BCUT2D eigenvalue weighted by atomic mass is 16.6. The predicted octanol–water partition coefficient (Wildman–Crippen LogP) is 25.0. The van der Waals surface area contributed by atoms with E-state index >= 15 is 0 Å². The number of hydrogen-bond acceptors (Lipinski definition) is 6. The molecule has 0 saturated carbocycles. The summed E-state index contributed by atoms with van der Waals surface area (Å²) in [7, 11) is 0. The molecule has 0 heterocycles. The van der Waals surface area contributed by atoms with Crippen LogP contribution in [0.5, 0.6) is 0 Å².